The molecule has 1 rings (SSSR count). The lowest BCUT2D eigenvalue weighted by Crippen LogP contribution is -2.23. The molecule has 1 aromatic rings. The second-order valence-corrected chi connectivity index (χ2v) is 5.91. The van der Waals surface area contributed by atoms with Crippen LogP contribution in [-0.4, -0.2) is 24.2 Å². The Labute approximate surface area is 127 Å². The first kappa shape index (κ1) is 16.7. The summed E-state index contributed by atoms with van der Waals surface area (Å²) in [7, 11) is 1.31. The minimum Gasteiger partial charge on any atom is -0.481 e. The summed E-state index contributed by atoms with van der Waals surface area (Å²) < 4.78 is 4.64. The molecule has 0 heterocycles. The second kappa shape index (κ2) is 8.04. The summed E-state index contributed by atoms with van der Waals surface area (Å²) >= 11 is 3.52. The number of methoxy groups -OCH3 is 1. The molecule has 3 unspecified atom stereocenters. The van der Waals surface area contributed by atoms with Crippen LogP contribution in [0.25, 0.3) is 0 Å². The van der Waals surface area contributed by atoms with Gasteiger partial charge in [-0.15, -0.1) is 0 Å². The molecule has 0 saturated carbocycles. The third-order valence-electron chi connectivity index (χ3n) is 3.24. The van der Waals surface area contributed by atoms with E-state index in [-0.39, 0.29) is 17.2 Å². The van der Waals surface area contributed by atoms with Crippen LogP contribution in [0.1, 0.15) is 30.2 Å². The fraction of sp³-hybridized carbons (Fsp3) is 0.467. The van der Waals surface area contributed by atoms with E-state index >= 15 is 0 Å². The Morgan fingerprint density at radius 3 is 2.35 bits per heavy atom. The standard InChI is InChI=1S/C15H19BrO4/c1-10(15(19)20-2)8-12(14(17)18)9-13(16)11-6-4-3-5-7-11/h3-7,10,12-13H,8-9H2,1-2H3,(H,17,18). The van der Waals surface area contributed by atoms with Crippen LogP contribution in [0.2, 0.25) is 0 Å². The summed E-state index contributed by atoms with van der Waals surface area (Å²) in [5, 5.41) is 9.30. The number of carbonyl (C=O) groups is 2. The fourth-order valence-corrected chi connectivity index (χ4v) is 2.83. The van der Waals surface area contributed by atoms with Crippen LogP contribution in [0, 0.1) is 11.8 Å². The molecule has 1 aromatic carbocycles. The quantitative estimate of drug-likeness (QED) is 0.609. The molecular weight excluding hydrogens is 324 g/mol. The number of carboxylic acid groups (broad SMARTS) is 1. The first-order valence-corrected chi connectivity index (χ1v) is 7.37. The topological polar surface area (TPSA) is 63.6 Å². The molecule has 3 atom stereocenters. The highest BCUT2D eigenvalue weighted by molar-refractivity contribution is 9.09. The summed E-state index contributed by atoms with van der Waals surface area (Å²) in [5.41, 5.74) is 1.03. The third-order valence-corrected chi connectivity index (χ3v) is 4.15. The van der Waals surface area contributed by atoms with Crippen molar-refractivity contribution in [2.75, 3.05) is 7.11 Å². The van der Waals surface area contributed by atoms with Crippen molar-refractivity contribution in [2.24, 2.45) is 11.8 Å². The lowest BCUT2D eigenvalue weighted by Gasteiger charge is -2.19. The monoisotopic (exact) mass is 342 g/mol. The molecule has 0 aliphatic carbocycles. The zero-order valence-electron chi connectivity index (χ0n) is 11.6. The minimum absolute atomic E-state index is 0.0466. The third kappa shape index (κ3) is 4.96. The molecule has 0 bridgehead atoms. The van der Waals surface area contributed by atoms with Gasteiger partial charge in [-0.2, -0.15) is 0 Å². The maximum Gasteiger partial charge on any atom is 0.308 e. The number of hydrogen-bond donors (Lipinski definition) is 1. The number of halogens is 1. The molecule has 0 fully saturated rings. The van der Waals surface area contributed by atoms with Crippen LogP contribution in [0.5, 0.6) is 0 Å². The number of carbonyl (C=O) groups excluding carboxylic acids is 1. The predicted octanol–water partition coefficient (Wildman–Crippen LogP) is 3.41. The second-order valence-electron chi connectivity index (χ2n) is 4.81. The Morgan fingerprint density at radius 1 is 1.25 bits per heavy atom. The van der Waals surface area contributed by atoms with Crippen molar-refractivity contribution in [2.45, 2.75) is 24.6 Å². The largest absolute Gasteiger partial charge is 0.481 e. The van der Waals surface area contributed by atoms with Gasteiger partial charge in [0.15, 0.2) is 0 Å². The number of ether oxygens (including phenoxy) is 1. The molecule has 1 N–H and O–H groups in total. The zero-order valence-corrected chi connectivity index (χ0v) is 13.2. The Morgan fingerprint density at radius 2 is 1.85 bits per heavy atom. The van der Waals surface area contributed by atoms with Crippen molar-refractivity contribution in [3.63, 3.8) is 0 Å². The van der Waals surface area contributed by atoms with Gasteiger partial charge in [0.2, 0.25) is 0 Å². The van der Waals surface area contributed by atoms with Crippen molar-refractivity contribution in [1.82, 2.24) is 0 Å². The zero-order chi connectivity index (χ0) is 15.1. The predicted molar refractivity (Wildman–Crippen MR) is 79.6 cm³/mol. The van der Waals surface area contributed by atoms with Crippen molar-refractivity contribution >= 4 is 27.9 Å². The van der Waals surface area contributed by atoms with Crippen molar-refractivity contribution in [3.05, 3.63) is 35.9 Å². The smallest absolute Gasteiger partial charge is 0.308 e. The molecule has 5 heteroatoms. The lowest BCUT2D eigenvalue weighted by molar-refractivity contribution is -0.147. The molecular formula is C15H19BrO4. The van der Waals surface area contributed by atoms with Gasteiger partial charge in [-0.3, -0.25) is 9.59 Å². The summed E-state index contributed by atoms with van der Waals surface area (Å²) in [6.07, 6.45) is 0.706. The minimum atomic E-state index is -0.888. The van der Waals surface area contributed by atoms with Gasteiger partial charge in [0.1, 0.15) is 0 Å². The molecule has 0 aliphatic rings. The molecule has 20 heavy (non-hydrogen) atoms. The van der Waals surface area contributed by atoms with E-state index in [0.29, 0.717) is 6.42 Å². The highest BCUT2D eigenvalue weighted by Gasteiger charge is 2.27. The van der Waals surface area contributed by atoms with Crippen LogP contribution < -0.4 is 0 Å². The van der Waals surface area contributed by atoms with Crippen molar-refractivity contribution in [1.29, 1.82) is 0 Å². The summed E-state index contributed by atoms with van der Waals surface area (Å²) in [4.78, 5) is 22.7. The van der Waals surface area contributed by atoms with E-state index in [1.807, 2.05) is 30.3 Å². The Kier molecular flexibility index (Phi) is 6.71. The van der Waals surface area contributed by atoms with Crippen LogP contribution >= 0.6 is 15.9 Å². The molecule has 0 spiro atoms. The molecule has 0 saturated heterocycles. The number of esters is 1. The summed E-state index contributed by atoms with van der Waals surface area (Å²) in [5.74, 6) is -2.27. The van der Waals surface area contributed by atoms with Crippen LogP contribution in [0.15, 0.2) is 30.3 Å². The number of benzene rings is 1. The Hall–Kier alpha value is -1.36. The van der Waals surface area contributed by atoms with Gasteiger partial charge in [-0.25, -0.2) is 0 Å². The molecule has 0 aliphatic heterocycles. The number of aliphatic carboxylic acids is 1. The average molecular weight is 343 g/mol. The van der Waals surface area contributed by atoms with Crippen LogP contribution in [0.3, 0.4) is 0 Å². The van der Waals surface area contributed by atoms with Gasteiger partial charge in [0.05, 0.1) is 18.9 Å². The lowest BCUT2D eigenvalue weighted by atomic mass is 9.90. The van der Waals surface area contributed by atoms with Crippen LogP contribution in [-0.2, 0) is 14.3 Å². The van der Waals surface area contributed by atoms with Gasteiger partial charge in [-0.1, -0.05) is 53.2 Å². The van der Waals surface area contributed by atoms with E-state index in [0.717, 1.165) is 5.56 Å². The Balaban J connectivity index is 2.68. The molecule has 110 valence electrons. The SMILES string of the molecule is COC(=O)C(C)CC(CC(Br)c1ccccc1)C(=O)O. The maximum absolute atomic E-state index is 11.4. The normalized spacial score (nSPS) is 15.2. The van der Waals surface area contributed by atoms with E-state index in [4.69, 9.17) is 0 Å². The molecule has 0 radical (unpaired) electrons. The first-order valence-electron chi connectivity index (χ1n) is 6.45. The van der Waals surface area contributed by atoms with Crippen LogP contribution in [0.4, 0.5) is 0 Å². The number of alkyl halides is 1. The summed E-state index contributed by atoms with van der Waals surface area (Å²) in [6, 6.07) is 9.63. The highest BCUT2D eigenvalue weighted by atomic mass is 79.9. The maximum atomic E-state index is 11.4. The average Bonchev–Trinajstić information content (AvgIpc) is 2.46. The van der Waals surface area contributed by atoms with Crippen molar-refractivity contribution < 1.29 is 19.4 Å². The van der Waals surface area contributed by atoms with Gasteiger partial charge in [-0.05, 0) is 18.4 Å². The van der Waals surface area contributed by atoms with Gasteiger partial charge in [0, 0.05) is 4.83 Å². The molecule has 4 nitrogen and oxygen atoms in total. The van der Waals surface area contributed by atoms with E-state index < -0.39 is 17.8 Å². The Bertz CT molecular complexity index is 446. The van der Waals surface area contributed by atoms with E-state index in [1.54, 1.807) is 6.92 Å². The number of carboxylic acids is 1. The molecule has 0 aromatic heterocycles. The van der Waals surface area contributed by atoms with Gasteiger partial charge in [0.25, 0.3) is 0 Å². The number of rotatable bonds is 7. The van der Waals surface area contributed by atoms with E-state index in [2.05, 4.69) is 20.7 Å². The van der Waals surface area contributed by atoms with E-state index in [9.17, 15) is 14.7 Å². The molecule has 0 amide bonds. The number of hydrogen-bond acceptors (Lipinski definition) is 3. The van der Waals surface area contributed by atoms with Gasteiger partial charge >= 0.3 is 11.9 Å². The van der Waals surface area contributed by atoms with Crippen molar-refractivity contribution in [3.8, 4) is 0 Å². The summed E-state index contributed by atoms with van der Waals surface area (Å²) in [6.45, 7) is 1.69. The van der Waals surface area contributed by atoms with Gasteiger partial charge < -0.3 is 9.84 Å². The fourth-order valence-electron chi connectivity index (χ4n) is 2.07. The van der Waals surface area contributed by atoms with E-state index in [1.165, 1.54) is 7.11 Å². The highest BCUT2D eigenvalue weighted by Crippen LogP contribution is 2.32. The first-order chi connectivity index (χ1) is 9.45.